The van der Waals surface area contributed by atoms with Crippen molar-refractivity contribution in [2.24, 2.45) is 0 Å². The summed E-state index contributed by atoms with van der Waals surface area (Å²) in [6.45, 7) is 3.27. The zero-order chi connectivity index (χ0) is 17.9. The standard InChI is InChI=1S/C20H21BrO4/c1-3-11-22-12-7-8-13-23-20-18(21)15-24-16(2)19(20)25-14-17-9-5-4-6-10-17/h1,4-6,9-10,15-16,19-20H,11-14H2,2H3/t16-,19-,20-/m0/s1. The van der Waals surface area contributed by atoms with Gasteiger partial charge in [0.25, 0.3) is 0 Å². The molecule has 0 N–H and O–H groups in total. The highest BCUT2D eigenvalue weighted by atomic mass is 79.9. The fraction of sp³-hybridized carbons (Fsp3) is 0.400. The molecule has 0 unspecified atom stereocenters. The van der Waals surface area contributed by atoms with E-state index in [1.807, 2.05) is 37.3 Å². The summed E-state index contributed by atoms with van der Waals surface area (Å²) in [4.78, 5) is 0. The third-order valence-electron chi connectivity index (χ3n) is 3.53. The first-order valence-corrected chi connectivity index (χ1v) is 8.76. The minimum Gasteiger partial charge on any atom is -0.495 e. The first kappa shape index (κ1) is 19.6. The maximum absolute atomic E-state index is 6.06. The smallest absolute Gasteiger partial charge is 0.125 e. The van der Waals surface area contributed by atoms with E-state index in [0.717, 1.165) is 10.0 Å². The van der Waals surface area contributed by atoms with Crippen LogP contribution >= 0.6 is 15.9 Å². The van der Waals surface area contributed by atoms with E-state index in [9.17, 15) is 0 Å². The molecule has 1 aromatic rings. The Hall–Kier alpha value is -1.76. The van der Waals surface area contributed by atoms with E-state index >= 15 is 0 Å². The van der Waals surface area contributed by atoms with Crippen LogP contribution in [0.2, 0.25) is 0 Å². The first-order chi connectivity index (χ1) is 12.2. The van der Waals surface area contributed by atoms with Gasteiger partial charge in [0, 0.05) is 0 Å². The minimum atomic E-state index is -0.270. The van der Waals surface area contributed by atoms with Gasteiger partial charge in [0.15, 0.2) is 0 Å². The van der Waals surface area contributed by atoms with Gasteiger partial charge < -0.3 is 18.9 Å². The van der Waals surface area contributed by atoms with Crippen LogP contribution < -0.4 is 0 Å². The van der Waals surface area contributed by atoms with Crippen molar-refractivity contribution in [3.8, 4) is 24.2 Å². The normalized spacial score (nSPS) is 22.1. The maximum atomic E-state index is 6.06. The summed E-state index contributed by atoms with van der Waals surface area (Å²) in [5.41, 5.74) is 1.10. The quantitative estimate of drug-likeness (QED) is 0.516. The van der Waals surface area contributed by atoms with Crippen LogP contribution in [0, 0.1) is 24.2 Å². The lowest BCUT2D eigenvalue weighted by molar-refractivity contribution is -0.118. The largest absolute Gasteiger partial charge is 0.495 e. The summed E-state index contributed by atoms with van der Waals surface area (Å²) in [7, 11) is 0. The molecule has 0 amide bonds. The van der Waals surface area contributed by atoms with Crippen molar-refractivity contribution < 1.29 is 18.9 Å². The topological polar surface area (TPSA) is 36.9 Å². The summed E-state index contributed by atoms with van der Waals surface area (Å²) in [6, 6.07) is 10.0. The van der Waals surface area contributed by atoms with Crippen LogP contribution in [0.1, 0.15) is 12.5 Å². The minimum absolute atomic E-state index is 0.123. The molecule has 0 bridgehead atoms. The van der Waals surface area contributed by atoms with E-state index in [-0.39, 0.29) is 31.5 Å². The van der Waals surface area contributed by atoms with E-state index in [1.54, 1.807) is 6.26 Å². The Balaban J connectivity index is 1.89. The average Bonchev–Trinajstić information content (AvgIpc) is 2.63. The van der Waals surface area contributed by atoms with Gasteiger partial charge >= 0.3 is 0 Å². The Morgan fingerprint density at radius 1 is 1.12 bits per heavy atom. The second-order valence-electron chi connectivity index (χ2n) is 5.39. The van der Waals surface area contributed by atoms with Crippen molar-refractivity contribution >= 4 is 15.9 Å². The molecule has 1 heterocycles. The van der Waals surface area contributed by atoms with E-state index in [4.69, 9.17) is 25.4 Å². The number of ether oxygens (including phenoxy) is 4. The van der Waals surface area contributed by atoms with E-state index in [1.165, 1.54) is 0 Å². The van der Waals surface area contributed by atoms with Crippen LogP contribution in [-0.2, 0) is 25.6 Å². The van der Waals surface area contributed by atoms with Crippen molar-refractivity contribution in [2.75, 3.05) is 19.8 Å². The summed E-state index contributed by atoms with van der Waals surface area (Å²) >= 11 is 3.49. The molecule has 0 fully saturated rings. The number of benzene rings is 1. The van der Waals surface area contributed by atoms with Crippen LogP contribution in [0.4, 0.5) is 0 Å². The van der Waals surface area contributed by atoms with Gasteiger partial charge in [-0.05, 0) is 28.4 Å². The van der Waals surface area contributed by atoms with Crippen LogP contribution in [0.25, 0.3) is 0 Å². The molecule has 0 saturated carbocycles. The molecule has 1 aliphatic heterocycles. The van der Waals surface area contributed by atoms with Crippen LogP contribution in [-0.4, -0.2) is 38.1 Å². The van der Waals surface area contributed by atoms with Gasteiger partial charge in [-0.15, -0.1) is 6.42 Å². The molecule has 3 atom stereocenters. The molecule has 0 aromatic heterocycles. The number of rotatable bonds is 7. The fourth-order valence-corrected chi connectivity index (χ4v) is 2.78. The number of halogens is 1. The molecule has 132 valence electrons. The highest BCUT2D eigenvalue weighted by Gasteiger charge is 2.35. The molecule has 0 spiro atoms. The molecule has 1 aliphatic rings. The van der Waals surface area contributed by atoms with E-state index in [0.29, 0.717) is 13.2 Å². The summed E-state index contributed by atoms with van der Waals surface area (Å²) in [5.74, 6) is 8.16. The molecule has 2 rings (SSSR count). The van der Waals surface area contributed by atoms with Crippen LogP contribution in [0.15, 0.2) is 41.1 Å². The highest BCUT2D eigenvalue weighted by Crippen LogP contribution is 2.28. The lowest BCUT2D eigenvalue weighted by atomic mass is 10.1. The van der Waals surface area contributed by atoms with Gasteiger partial charge in [-0.25, -0.2) is 0 Å². The van der Waals surface area contributed by atoms with Gasteiger partial charge in [-0.2, -0.15) is 0 Å². The Morgan fingerprint density at radius 2 is 1.88 bits per heavy atom. The number of hydrogen-bond acceptors (Lipinski definition) is 4. The molecule has 0 radical (unpaired) electrons. The zero-order valence-corrected chi connectivity index (χ0v) is 15.7. The van der Waals surface area contributed by atoms with Gasteiger partial charge in [-0.1, -0.05) is 48.1 Å². The van der Waals surface area contributed by atoms with Gasteiger partial charge in [0.05, 0.1) is 17.4 Å². The number of hydrogen-bond donors (Lipinski definition) is 0. The summed E-state index contributed by atoms with van der Waals surface area (Å²) < 4.78 is 23.4. The van der Waals surface area contributed by atoms with Gasteiger partial charge in [-0.3, -0.25) is 0 Å². The molecule has 5 heteroatoms. The first-order valence-electron chi connectivity index (χ1n) is 7.97. The monoisotopic (exact) mass is 404 g/mol. The lowest BCUT2D eigenvalue weighted by Gasteiger charge is -2.34. The second-order valence-corrected chi connectivity index (χ2v) is 6.30. The average molecular weight is 405 g/mol. The molecule has 0 aliphatic carbocycles. The van der Waals surface area contributed by atoms with Crippen molar-refractivity contribution in [1.29, 1.82) is 0 Å². The van der Waals surface area contributed by atoms with Crippen LogP contribution in [0.5, 0.6) is 0 Å². The molecule has 1 aromatic carbocycles. The van der Waals surface area contributed by atoms with Crippen molar-refractivity contribution in [3.05, 3.63) is 46.6 Å². The maximum Gasteiger partial charge on any atom is 0.125 e. The van der Waals surface area contributed by atoms with Gasteiger partial charge in [0.2, 0.25) is 0 Å². The number of terminal acetylenes is 1. The van der Waals surface area contributed by atoms with Crippen molar-refractivity contribution in [1.82, 2.24) is 0 Å². The highest BCUT2D eigenvalue weighted by molar-refractivity contribution is 9.11. The van der Waals surface area contributed by atoms with Crippen molar-refractivity contribution in [3.63, 3.8) is 0 Å². The zero-order valence-electron chi connectivity index (χ0n) is 14.1. The summed E-state index contributed by atoms with van der Waals surface area (Å²) in [5, 5.41) is 0. The summed E-state index contributed by atoms with van der Waals surface area (Å²) in [6.07, 6.45) is 6.12. The predicted molar refractivity (Wildman–Crippen MR) is 99.7 cm³/mol. The Kier molecular flexibility index (Phi) is 8.59. The third-order valence-corrected chi connectivity index (χ3v) is 4.17. The predicted octanol–water partition coefficient (Wildman–Crippen LogP) is 3.27. The Bertz CT molecular complexity index is 654. The molecule has 25 heavy (non-hydrogen) atoms. The van der Waals surface area contributed by atoms with Crippen LogP contribution in [0.3, 0.4) is 0 Å². The van der Waals surface area contributed by atoms with Gasteiger partial charge in [0.1, 0.15) is 38.1 Å². The lowest BCUT2D eigenvalue weighted by Crippen LogP contribution is -2.43. The fourth-order valence-electron chi connectivity index (χ4n) is 2.28. The SMILES string of the molecule is C#CCOCC#CCO[C@H]1C(Br)=CO[C@@H](C)[C@@H]1OCc1ccccc1. The molecular weight excluding hydrogens is 384 g/mol. The van der Waals surface area contributed by atoms with E-state index < -0.39 is 0 Å². The van der Waals surface area contributed by atoms with E-state index in [2.05, 4.69) is 33.7 Å². The molecule has 4 nitrogen and oxygen atoms in total. The third kappa shape index (κ3) is 6.57. The molecule has 0 saturated heterocycles. The van der Waals surface area contributed by atoms with Crippen molar-refractivity contribution in [2.45, 2.75) is 31.8 Å². The molecular formula is C20H21BrO4. The Labute approximate surface area is 157 Å². The Morgan fingerprint density at radius 3 is 2.64 bits per heavy atom. The second kappa shape index (κ2) is 11.0.